The number of carbonyl (C=O) groups is 1. The molecule has 0 bridgehead atoms. The van der Waals surface area contributed by atoms with E-state index in [0.29, 0.717) is 15.8 Å². The van der Waals surface area contributed by atoms with Crippen molar-refractivity contribution >= 4 is 49.9 Å². The second-order valence-electron chi connectivity index (χ2n) is 4.29. The highest BCUT2D eigenvalue weighted by molar-refractivity contribution is 7.22. The Morgan fingerprint density at radius 1 is 1.24 bits per heavy atom. The lowest BCUT2D eigenvalue weighted by molar-refractivity contribution is 0.0696. The Morgan fingerprint density at radius 3 is 2.76 bits per heavy atom. The Labute approximate surface area is 128 Å². The Hall–Kier alpha value is -2.31. The smallest absolute Gasteiger partial charge is 0.335 e. The molecule has 0 aliphatic rings. The van der Waals surface area contributed by atoms with E-state index in [0.717, 1.165) is 10.2 Å². The van der Waals surface area contributed by atoms with E-state index in [4.69, 9.17) is 16.7 Å². The van der Waals surface area contributed by atoms with Crippen LogP contribution >= 0.6 is 22.9 Å². The van der Waals surface area contributed by atoms with Crippen LogP contribution in [0, 0.1) is 0 Å². The molecule has 3 rings (SSSR count). The first kappa shape index (κ1) is 13.7. The van der Waals surface area contributed by atoms with Gasteiger partial charge in [0, 0.05) is 5.02 Å². The summed E-state index contributed by atoms with van der Waals surface area (Å²) in [6, 6.07) is 9.48. The van der Waals surface area contributed by atoms with Gasteiger partial charge in [0.05, 0.1) is 21.5 Å². The van der Waals surface area contributed by atoms with Crippen LogP contribution in [0.25, 0.3) is 10.2 Å². The number of anilines is 2. The highest BCUT2D eigenvalue weighted by Gasteiger charge is 2.10. The number of carboxylic acids is 1. The molecule has 106 valence electrons. The molecule has 1 heterocycles. The fourth-order valence-electron chi connectivity index (χ4n) is 1.84. The van der Waals surface area contributed by atoms with Crippen LogP contribution in [0.5, 0.6) is 5.75 Å². The molecule has 0 fully saturated rings. The number of aromatic nitrogens is 1. The number of aromatic carboxylic acids is 1. The maximum Gasteiger partial charge on any atom is 0.335 e. The zero-order chi connectivity index (χ0) is 15.0. The molecule has 0 amide bonds. The minimum absolute atomic E-state index is 0.0223. The number of benzene rings is 2. The summed E-state index contributed by atoms with van der Waals surface area (Å²) in [6.07, 6.45) is 0. The van der Waals surface area contributed by atoms with Gasteiger partial charge in [0.15, 0.2) is 5.13 Å². The molecule has 0 unspecified atom stereocenters. The molecular formula is C14H9ClN2O3S. The summed E-state index contributed by atoms with van der Waals surface area (Å²) in [4.78, 5) is 15.2. The quantitative estimate of drug-likeness (QED) is 0.633. The molecule has 0 aliphatic carbocycles. The van der Waals surface area contributed by atoms with E-state index in [2.05, 4.69) is 10.3 Å². The summed E-state index contributed by atoms with van der Waals surface area (Å²) < 4.78 is 0.923. The highest BCUT2D eigenvalue weighted by Crippen LogP contribution is 2.33. The first-order valence-corrected chi connectivity index (χ1v) is 7.12. The average Bonchev–Trinajstić information content (AvgIpc) is 2.82. The minimum Gasteiger partial charge on any atom is -0.506 e. The van der Waals surface area contributed by atoms with Crippen LogP contribution in [0.1, 0.15) is 10.4 Å². The standard InChI is InChI=1S/C14H9ClN2O3S/c15-8-2-4-10-12(6-8)21-14(17-10)16-9-3-1-7(13(19)20)5-11(9)18/h1-6,18H,(H,16,17)(H,19,20). The summed E-state index contributed by atoms with van der Waals surface area (Å²) in [5.74, 6) is -1.24. The maximum atomic E-state index is 10.8. The van der Waals surface area contributed by atoms with E-state index in [1.807, 2.05) is 12.1 Å². The van der Waals surface area contributed by atoms with Gasteiger partial charge in [-0.3, -0.25) is 0 Å². The molecule has 0 radical (unpaired) electrons. The van der Waals surface area contributed by atoms with Crippen molar-refractivity contribution in [3.8, 4) is 5.75 Å². The van der Waals surface area contributed by atoms with Crippen LogP contribution in [-0.2, 0) is 0 Å². The van der Waals surface area contributed by atoms with Crippen LogP contribution in [0.4, 0.5) is 10.8 Å². The van der Waals surface area contributed by atoms with Crippen molar-refractivity contribution in [1.29, 1.82) is 0 Å². The number of hydrogen-bond donors (Lipinski definition) is 3. The first-order valence-electron chi connectivity index (χ1n) is 5.92. The van der Waals surface area contributed by atoms with E-state index in [-0.39, 0.29) is 11.3 Å². The summed E-state index contributed by atoms with van der Waals surface area (Å²) in [5.41, 5.74) is 1.22. The van der Waals surface area contributed by atoms with Gasteiger partial charge in [-0.05, 0) is 36.4 Å². The van der Waals surface area contributed by atoms with Crippen molar-refractivity contribution in [2.24, 2.45) is 0 Å². The topological polar surface area (TPSA) is 82.5 Å². The molecule has 21 heavy (non-hydrogen) atoms. The highest BCUT2D eigenvalue weighted by atomic mass is 35.5. The average molecular weight is 321 g/mol. The van der Waals surface area contributed by atoms with E-state index in [9.17, 15) is 9.90 Å². The summed E-state index contributed by atoms with van der Waals surface area (Å²) in [5, 5.41) is 22.9. The monoisotopic (exact) mass is 320 g/mol. The molecule has 2 aromatic carbocycles. The molecule has 0 saturated carbocycles. The van der Waals surface area contributed by atoms with E-state index < -0.39 is 5.97 Å². The Morgan fingerprint density at radius 2 is 2.05 bits per heavy atom. The number of fused-ring (bicyclic) bond motifs is 1. The molecule has 0 spiro atoms. The Kier molecular flexibility index (Phi) is 3.40. The second-order valence-corrected chi connectivity index (χ2v) is 5.76. The number of nitrogens with one attached hydrogen (secondary N) is 1. The van der Waals surface area contributed by atoms with Gasteiger partial charge in [-0.2, -0.15) is 0 Å². The fraction of sp³-hybridized carbons (Fsp3) is 0. The predicted molar refractivity (Wildman–Crippen MR) is 83.0 cm³/mol. The minimum atomic E-state index is -1.09. The van der Waals surface area contributed by atoms with Gasteiger partial charge in [-0.15, -0.1) is 0 Å². The number of phenolic OH excluding ortho intramolecular Hbond substituents is 1. The second kappa shape index (κ2) is 5.23. The molecule has 1 aromatic heterocycles. The van der Waals surface area contributed by atoms with Crippen molar-refractivity contribution in [2.45, 2.75) is 0 Å². The Bertz CT molecular complexity index is 847. The lowest BCUT2D eigenvalue weighted by atomic mass is 10.2. The zero-order valence-corrected chi connectivity index (χ0v) is 12.1. The zero-order valence-electron chi connectivity index (χ0n) is 10.5. The van der Waals surface area contributed by atoms with Gasteiger partial charge < -0.3 is 15.5 Å². The number of hydrogen-bond acceptors (Lipinski definition) is 5. The lowest BCUT2D eigenvalue weighted by Crippen LogP contribution is -1.97. The molecule has 5 nitrogen and oxygen atoms in total. The SMILES string of the molecule is O=C(O)c1ccc(Nc2nc3ccc(Cl)cc3s2)c(O)c1. The molecule has 3 aromatic rings. The van der Waals surface area contributed by atoms with Gasteiger partial charge in [-0.1, -0.05) is 22.9 Å². The fourth-order valence-corrected chi connectivity index (χ4v) is 2.99. The van der Waals surface area contributed by atoms with E-state index in [1.54, 1.807) is 6.07 Å². The van der Waals surface area contributed by atoms with Crippen LogP contribution in [-0.4, -0.2) is 21.2 Å². The predicted octanol–water partition coefficient (Wildman–Crippen LogP) is 4.10. The number of rotatable bonds is 3. The third-order valence-corrected chi connectivity index (χ3v) is 4.01. The number of carboxylic acid groups (broad SMARTS) is 1. The van der Waals surface area contributed by atoms with Crippen molar-refractivity contribution in [3.63, 3.8) is 0 Å². The normalized spacial score (nSPS) is 10.7. The van der Waals surface area contributed by atoms with Gasteiger partial charge >= 0.3 is 5.97 Å². The molecule has 0 saturated heterocycles. The number of aromatic hydroxyl groups is 1. The van der Waals surface area contributed by atoms with Crippen LogP contribution in [0.2, 0.25) is 5.02 Å². The van der Waals surface area contributed by atoms with Gasteiger partial charge in [0.25, 0.3) is 0 Å². The van der Waals surface area contributed by atoms with Crippen LogP contribution < -0.4 is 5.32 Å². The molecule has 7 heteroatoms. The van der Waals surface area contributed by atoms with Crippen LogP contribution in [0.3, 0.4) is 0 Å². The van der Waals surface area contributed by atoms with Crippen LogP contribution in [0.15, 0.2) is 36.4 Å². The first-order chi connectivity index (χ1) is 10.0. The number of thiazole rings is 1. The molecule has 0 aliphatic heterocycles. The van der Waals surface area contributed by atoms with Crippen molar-refractivity contribution in [3.05, 3.63) is 47.0 Å². The maximum absolute atomic E-state index is 10.8. The van der Waals surface area contributed by atoms with E-state index in [1.165, 1.54) is 29.5 Å². The van der Waals surface area contributed by atoms with Crippen molar-refractivity contribution in [2.75, 3.05) is 5.32 Å². The third-order valence-electron chi connectivity index (χ3n) is 2.84. The van der Waals surface area contributed by atoms with Gasteiger partial charge in [0.2, 0.25) is 0 Å². The van der Waals surface area contributed by atoms with Gasteiger partial charge in [-0.25, -0.2) is 9.78 Å². The van der Waals surface area contributed by atoms with Gasteiger partial charge in [0.1, 0.15) is 5.75 Å². The summed E-state index contributed by atoms with van der Waals surface area (Å²) in [7, 11) is 0. The number of phenols is 1. The van der Waals surface area contributed by atoms with E-state index >= 15 is 0 Å². The Balaban J connectivity index is 1.93. The number of nitrogens with zero attached hydrogens (tertiary/aromatic N) is 1. The van der Waals surface area contributed by atoms with Crippen molar-refractivity contribution in [1.82, 2.24) is 4.98 Å². The lowest BCUT2D eigenvalue weighted by Gasteiger charge is -2.05. The number of halogens is 1. The molecular weight excluding hydrogens is 312 g/mol. The third kappa shape index (κ3) is 2.76. The summed E-state index contributed by atoms with van der Waals surface area (Å²) in [6.45, 7) is 0. The molecule has 0 atom stereocenters. The summed E-state index contributed by atoms with van der Waals surface area (Å²) >= 11 is 7.31. The molecule has 3 N–H and O–H groups in total. The largest absolute Gasteiger partial charge is 0.506 e. The van der Waals surface area contributed by atoms with Crippen molar-refractivity contribution < 1.29 is 15.0 Å².